The highest BCUT2D eigenvalue weighted by Crippen LogP contribution is 2.38. The largest absolute Gasteiger partial charge is 0.496 e. The van der Waals surface area contributed by atoms with Crippen molar-refractivity contribution in [2.45, 2.75) is 38.8 Å². The predicted molar refractivity (Wildman–Crippen MR) is 294 cm³/mol. The summed E-state index contributed by atoms with van der Waals surface area (Å²) in [5, 5.41) is 0. The maximum Gasteiger partial charge on any atom is 0.259 e. The van der Waals surface area contributed by atoms with E-state index in [0.717, 1.165) is 74.5 Å². The van der Waals surface area contributed by atoms with E-state index < -0.39 is 46.2 Å². The third-order valence-corrected chi connectivity index (χ3v) is 15.7. The summed E-state index contributed by atoms with van der Waals surface area (Å²) in [4.78, 5) is 57.8. The van der Waals surface area contributed by atoms with Gasteiger partial charge in [-0.15, -0.1) is 0 Å². The summed E-state index contributed by atoms with van der Waals surface area (Å²) >= 11 is 0. The Hall–Kier alpha value is -7.78. The highest BCUT2D eigenvalue weighted by atomic mass is 19.1. The summed E-state index contributed by atoms with van der Waals surface area (Å²) in [5.41, 5.74) is 10.0. The summed E-state index contributed by atoms with van der Waals surface area (Å²) in [6, 6.07) is 12.8. The lowest BCUT2D eigenvalue weighted by Gasteiger charge is -2.27. The number of methoxy groups -OCH3 is 2. The monoisotopic (exact) mass is 1090 g/mol. The molecule has 4 aromatic carbocycles. The number of nitrogens with zero attached hydrogens (tertiary/aromatic N) is 8. The summed E-state index contributed by atoms with van der Waals surface area (Å²) in [7, 11) is 10.6. The zero-order valence-corrected chi connectivity index (χ0v) is 45.5. The molecule has 4 aliphatic heterocycles. The van der Waals surface area contributed by atoms with Crippen LogP contribution in [0, 0.1) is 35.1 Å². The van der Waals surface area contributed by atoms with Gasteiger partial charge in [0.2, 0.25) is 0 Å². The molecule has 2 N–H and O–H groups in total. The van der Waals surface area contributed by atoms with Gasteiger partial charge in [-0.1, -0.05) is 0 Å². The van der Waals surface area contributed by atoms with Crippen molar-refractivity contribution in [3.05, 3.63) is 130 Å². The zero-order valence-electron chi connectivity index (χ0n) is 45.5. The van der Waals surface area contributed by atoms with Gasteiger partial charge in [0.25, 0.3) is 11.8 Å². The van der Waals surface area contributed by atoms with E-state index in [2.05, 4.69) is 56.0 Å². The minimum Gasteiger partial charge on any atom is -0.496 e. The van der Waals surface area contributed by atoms with E-state index in [0.29, 0.717) is 84.4 Å². The van der Waals surface area contributed by atoms with Gasteiger partial charge in [0.15, 0.2) is 11.3 Å². The van der Waals surface area contributed by atoms with Crippen LogP contribution in [-0.4, -0.2) is 156 Å². The standard InChI is InChI=1S/2C30H31F2N5O3/c2*1-36-6-4-18-8-20(11-26(39-3)22(18)15-36)25-13-34-29-28(35-25)21(12-33-29)19-9-23(31)27(24(32)10-19)30(38)37(2)14-17-5-7-40-16-17/h2*8-13,17H,4-7,14-16H2,1-3H3,(H,33,34)/t2*17-/m10/s1. The summed E-state index contributed by atoms with van der Waals surface area (Å²) < 4.78 is 83.2. The van der Waals surface area contributed by atoms with Gasteiger partial charge < -0.3 is 48.5 Å². The van der Waals surface area contributed by atoms with Gasteiger partial charge in [0.05, 0.1) is 51.2 Å². The molecule has 4 aromatic heterocycles. The van der Waals surface area contributed by atoms with Crippen molar-refractivity contribution in [1.29, 1.82) is 0 Å². The lowest BCUT2D eigenvalue weighted by Crippen LogP contribution is -2.33. The van der Waals surface area contributed by atoms with Gasteiger partial charge in [0.1, 0.15) is 56.9 Å². The second kappa shape index (κ2) is 22.8. The highest BCUT2D eigenvalue weighted by molar-refractivity contribution is 5.98. The number of hydrogen-bond acceptors (Lipinski definition) is 12. The number of carbonyl (C=O) groups is 2. The number of hydrogen-bond donors (Lipinski definition) is 2. The van der Waals surface area contributed by atoms with Crippen LogP contribution in [0.25, 0.3) is 67.1 Å². The highest BCUT2D eigenvalue weighted by Gasteiger charge is 2.29. The molecule has 2 atom stereocenters. The van der Waals surface area contributed by atoms with Crippen LogP contribution in [0.15, 0.2) is 73.3 Å². The smallest absolute Gasteiger partial charge is 0.259 e. The molecule has 80 heavy (non-hydrogen) atoms. The molecule has 8 aromatic rings. The van der Waals surface area contributed by atoms with Crippen molar-refractivity contribution >= 4 is 34.1 Å². The quantitative estimate of drug-likeness (QED) is 0.112. The number of likely N-dealkylation sites (N-methyl/N-ethyl adjacent to an activating group) is 2. The molecule has 0 unspecified atom stereocenters. The third kappa shape index (κ3) is 10.8. The molecule has 0 radical (unpaired) electrons. The van der Waals surface area contributed by atoms with E-state index in [1.54, 1.807) is 53.1 Å². The minimum atomic E-state index is -0.919. The first kappa shape index (κ1) is 54.2. The molecule has 0 saturated carbocycles. The fourth-order valence-electron chi connectivity index (χ4n) is 11.3. The van der Waals surface area contributed by atoms with Crippen molar-refractivity contribution < 1.29 is 46.1 Å². The summed E-state index contributed by atoms with van der Waals surface area (Å²) in [6.07, 6.45) is 10.0. The Labute approximate surface area is 460 Å². The number of aromatic amines is 2. The molecule has 416 valence electrons. The van der Waals surface area contributed by atoms with Crippen LogP contribution in [0.5, 0.6) is 11.5 Å². The molecule has 0 bridgehead atoms. The number of nitrogens with one attached hydrogen (secondary N) is 2. The summed E-state index contributed by atoms with van der Waals surface area (Å²) in [5.74, 6) is -3.15. The Bertz CT molecular complexity index is 3350. The van der Waals surface area contributed by atoms with E-state index in [1.165, 1.54) is 56.3 Å². The van der Waals surface area contributed by atoms with Crippen LogP contribution in [-0.2, 0) is 35.4 Å². The number of halogens is 4. The molecule has 4 aliphatic rings. The lowest BCUT2D eigenvalue weighted by atomic mass is 9.95. The Morgan fingerprint density at radius 3 is 1.38 bits per heavy atom. The van der Waals surface area contributed by atoms with Crippen molar-refractivity contribution in [3.63, 3.8) is 0 Å². The normalized spacial score (nSPS) is 17.3. The zero-order chi connectivity index (χ0) is 55.9. The van der Waals surface area contributed by atoms with E-state index in [9.17, 15) is 9.59 Å². The first-order valence-corrected chi connectivity index (χ1v) is 26.7. The fourth-order valence-corrected chi connectivity index (χ4v) is 11.3. The minimum absolute atomic E-state index is 0.162. The van der Waals surface area contributed by atoms with Crippen molar-refractivity contribution in [1.82, 2.24) is 49.5 Å². The molecule has 0 spiro atoms. The maximum atomic E-state index is 15.3. The van der Waals surface area contributed by atoms with E-state index >= 15 is 17.6 Å². The maximum absolute atomic E-state index is 15.3. The number of H-pyrrole nitrogens is 2. The summed E-state index contributed by atoms with van der Waals surface area (Å²) in [6.45, 7) is 6.64. The van der Waals surface area contributed by atoms with Crippen LogP contribution in [0.2, 0.25) is 0 Å². The van der Waals surface area contributed by atoms with Crippen LogP contribution in [0.4, 0.5) is 17.6 Å². The van der Waals surface area contributed by atoms with Gasteiger partial charge in [0, 0.05) is 124 Å². The number of carbonyl (C=O) groups excluding carboxylic acids is 2. The van der Waals surface area contributed by atoms with Crippen LogP contribution >= 0.6 is 0 Å². The molecule has 20 heteroatoms. The average Bonchev–Trinajstić information content (AvgIpc) is 4.35. The Kier molecular flexibility index (Phi) is 15.4. The van der Waals surface area contributed by atoms with E-state index in [4.69, 9.17) is 28.9 Å². The topological polar surface area (TPSA) is 167 Å². The molecule has 2 saturated heterocycles. The third-order valence-electron chi connectivity index (χ3n) is 15.7. The Morgan fingerprint density at radius 2 is 1.01 bits per heavy atom. The Morgan fingerprint density at radius 1 is 0.613 bits per heavy atom. The van der Waals surface area contributed by atoms with Crippen molar-refractivity contribution in [2.75, 3.05) is 95.0 Å². The Balaban J connectivity index is 0.000000169. The number of benzene rings is 4. The molecular weight excluding hydrogens is 1030 g/mol. The lowest BCUT2D eigenvalue weighted by molar-refractivity contribution is 0.0748. The van der Waals surface area contributed by atoms with Crippen LogP contribution in [0.3, 0.4) is 0 Å². The van der Waals surface area contributed by atoms with Gasteiger partial charge in [-0.05, 0) is 111 Å². The molecule has 16 nitrogen and oxygen atoms in total. The number of rotatable bonds is 12. The molecule has 0 aliphatic carbocycles. The van der Waals surface area contributed by atoms with Crippen LogP contribution in [0.1, 0.15) is 55.8 Å². The predicted octanol–water partition coefficient (Wildman–Crippen LogP) is 9.35. The van der Waals surface area contributed by atoms with Crippen molar-refractivity contribution in [2.24, 2.45) is 11.8 Å². The number of fused-ring (bicyclic) bond motifs is 4. The molecule has 8 heterocycles. The van der Waals surface area contributed by atoms with Gasteiger partial charge in [-0.25, -0.2) is 37.5 Å². The van der Waals surface area contributed by atoms with Gasteiger partial charge in [-0.2, -0.15) is 0 Å². The molecule has 2 amide bonds. The average molecular weight is 1100 g/mol. The first-order valence-electron chi connectivity index (χ1n) is 26.7. The van der Waals surface area contributed by atoms with Crippen LogP contribution < -0.4 is 9.47 Å². The van der Waals surface area contributed by atoms with E-state index in [1.807, 2.05) is 12.1 Å². The second-order valence-corrected chi connectivity index (χ2v) is 21.4. The molecule has 12 rings (SSSR count). The molecule has 2 fully saturated rings. The number of aromatic nitrogens is 6. The molecular formula is C60H62F4N10O6. The number of ether oxygens (including phenoxy) is 4. The fraction of sp³-hybridized carbons (Fsp3) is 0.367. The SMILES string of the molecule is COc1cc(-c2cnc3[nH]cc(-c4cc(F)c(C(=O)N(C)C[C@@H]5CCOC5)c(F)c4)c3n2)cc2c1CN(C)CC2.COc1cc(-c2cnc3[nH]cc(-c4cc(F)c(C(=O)N(C)C[C@H]5CCOC5)c(F)c4)c3n2)cc2c1CN(C)CC2. The van der Waals surface area contributed by atoms with Gasteiger partial charge in [-0.3, -0.25) is 9.59 Å². The van der Waals surface area contributed by atoms with Crippen molar-refractivity contribution in [3.8, 4) is 56.3 Å². The van der Waals surface area contributed by atoms with E-state index in [-0.39, 0.29) is 23.0 Å². The first-order chi connectivity index (χ1) is 38.6. The second-order valence-electron chi connectivity index (χ2n) is 21.4. The number of amides is 2. The van der Waals surface area contributed by atoms with Gasteiger partial charge >= 0.3 is 0 Å².